The number of rotatable bonds is 7. The summed E-state index contributed by atoms with van der Waals surface area (Å²) in [5, 5.41) is 6.00. The quantitative estimate of drug-likeness (QED) is 0.545. The molecule has 0 aromatic heterocycles. The monoisotopic (exact) mass is 374 g/mol. The minimum absolute atomic E-state index is 0.0451. The van der Waals surface area contributed by atoms with Crippen molar-refractivity contribution in [2.75, 3.05) is 38.5 Å². The molecular formula is C16H30N4O4S. The van der Waals surface area contributed by atoms with Crippen LogP contribution in [0.4, 0.5) is 0 Å². The van der Waals surface area contributed by atoms with Gasteiger partial charge >= 0.3 is 0 Å². The molecule has 2 amide bonds. The van der Waals surface area contributed by atoms with Gasteiger partial charge in [-0.3, -0.25) is 9.59 Å². The lowest BCUT2D eigenvalue weighted by Crippen LogP contribution is -2.41. The van der Waals surface area contributed by atoms with E-state index in [4.69, 9.17) is 0 Å². The van der Waals surface area contributed by atoms with Gasteiger partial charge in [-0.05, 0) is 51.6 Å². The highest BCUT2D eigenvalue weighted by Gasteiger charge is 2.31. The molecule has 0 saturated carbocycles. The van der Waals surface area contributed by atoms with Crippen LogP contribution < -0.4 is 15.4 Å². The van der Waals surface area contributed by atoms with E-state index in [9.17, 15) is 18.0 Å². The fourth-order valence-corrected chi connectivity index (χ4v) is 4.41. The summed E-state index contributed by atoms with van der Waals surface area (Å²) in [7, 11) is -3.64. The number of amides is 2. The highest BCUT2D eigenvalue weighted by molar-refractivity contribution is 7.89. The summed E-state index contributed by atoms with van der Waals surface area (Å²) in [6, 6.07) is -0.0451. The van der Waals surface area contributed by atoms with Crippen LogP contribution in [0.3, 0.4) is 0 Å². The molecule has 3 N–H and O–H groups in total. The minimum atomic E-state index is -3.64. The summed E-state index contributed by atoms with van der Waals surface area (Å²) in [5.41, 5.74) is 0. The third kappa shape index (κ3) is 6.56. The first-order valence-corrected chi connectivity index (χ1v) is 10.7. The maximum absolute atomic E-state index is 12.3. The third-order valence-corrected chi connectivity index (χ3v) is 6.18. The molecule has 9 heteroatoms. The van der Waals surface area contributed by atoms with Crippen LogP contribution in [0.1, 0.15) is 33.1 Å². The summed E-state index contributed by atoms with van der Waals surface area (Å²) in [5.74, 6) is 0.471. The Hall–Kier alpha value is -1.19. The first kappa shape index (κ1) is 20.1. The molecule has 0 aromatic carbocycles. The normalized spacial score (nSPS) is 24.0. The summed E-state index contributed by atoms with van der Waals surface area (Å²) in [4.78, 5) is 25.6. The molecule has 8 nitrogen and oxygen atoms in total. The molecule has 2 aliphatic rings. The van der Waals surface area contributed by atoms with Crippen LogP contribution in [-0.2, 0) is 19.6 Å². The minimum Gasteiger partial charge on any atom is -0.353 e. The number of fused-ring (bicyclic) bond motifs is 1. The Bertz CT molecular complexity index is 565. The number of hydrogen-bond acceptors (Lipinski definition) is 5. The first-order valence-electron chi connectivity index (χ1n) is 9.02. The summed E-state index contributed by atoms with van der Waals surface area (Å²) >= 11 is 0. The maximum Gasteiger partial charge on any atom is 0.235 e. The van der Waals surface area contributed by atoms with Gasteiger partial charge in [-0.15, -0.1) is 0 Å². The number of sulfonamides is 1. The lowest BCUT2D eigenvalue weighted by molar-refractivity contribution is -0.130. The van der Waals surface area contributed by atoms with Crippen molar-refractivity contribution in [3.8, 4) is 0 Å². The van der Waals surface area contributed by atoms with Gasteiger partial charge in [0.15, 0.2) is 0 Å². The van der Waals surface area contributed by atoms with Crippen molar-refractivity contribution in [3.05, 3.63) is 0 Å². The Morgan fingerprint density at radius 1 is 1.16 bits per heavy atom. The Labute approximate surface area is 150 Å². The van der Waals surface area contributed by atoms with Gasteiger partial charge in [0.05, 0.1) is 12.3 Å². The second-order valence-electron chi connectivity index (χ2n) is 7.25. The molecule has 0 radical (unpaired) electrons. The molecule has 2 atom stereocenters. The van der Waals surface area contributed by atoms with Crippen molar-refractivity contribution in [2.45, 2.75) is 39.2 Å². The number of nitrogens with one attached hydrogen (secondary N) is 3. The van der Waals surface area contributed by atoms with Gasteiger partial charge in [0.25, 0.3) is 0 Å². The van der Waals surface area contributed by atoms with Gasteiger partial charge in [-0.2, -0.15) is 0 Å². The largest absolute Gasteiger partial charge is 0.353 e. The first-order chi connectivity index (χ1) is 11.8. The van der Waals surface area contributed by atoms with E-state index in [-0.39, 0.29) is 36.6 Å². The number of carbonyl (C=O) groups excluding carboxylic acids is 2. The van der Waals surface area contributed by atoms with Crippen molar-refractivity contribution in [3.63, 3.8) is 0 Å². The SMILES string of the molecule is CC(C)NC(=O)CNS(=O)(=O)CCC(=O)N1CC[C@@H]2CNC[C@@H]2CC1. The van der Waals surface area contributed by atoms with E-state index in [0.29, 0.717) is 24.9 Å². The van der Waals surface area contributed by atoms with Crippen molar-refractivity contribution in [1.29, 1.82) is 0 Å². The van der Waals surface area contributed by atoms with E-state index < -0.39 is 10.0 Å². The van der Waals surface area contributed by atoms with Crippen LogP contribution in [0.5, 0.6) is 0 Å². The van der Waals surface area contributed by atoms with Crippen LogP contribution in [0, 0.1) is 11.8 Å². The molecule has 0 aromatic rings. The van der Waals surface area contributed by atoms with Crippen LogP contribution in [0.15, 0.2) is 0 Å². The van der Waals surface area contributed by atoms with Crippen molar-refractivity contribution >= 4 is 21.8 Å². The van der Waals surface area contributed by atoms with Gasteiger partial charge in [-0.1, -0.05) is 0 Å². The molecule has 0 bridgehead atoms. The highest BCUT2D eigenvalue weighted by atomic mass is 32.2. The van der Waals surface area contributed by atoms with E-state index in [1.165, 1.54) is 0 Å². The van der Waals surface area contributed by atoms with Gasteiger partial charge in [0.2, 0.25) is 21.8 Å². The Kier molecular flexibility index (Phi) is 7.21. The molecule has 0 aliphatic carbocycles. The zero-order valence-electron chi connectivity index (χ0n) is 15.1. The summed E-state index contributed by atoms with van der Waals surface area (Å²) in [6.07, 6.45) is 1.91. The smallest absolute Gasteiger partial charge is 0.235 e. The van der Waals surface area contributed by atoms with E-state index in [1.54, 1.807) is 18.7 Å². The Morgan fingerprint density at radius 3 is 2.32 bits per heavy atom. The van der Waals surface area contributed by atoms with E-state index in [1.807, 2.05) is 0 Å². The second kappa shape index (κ2) is 8.95. The Morgan fingerprint density at radius 2 is 1.76 bits per heavy atom. The summed E-state index contributed by atoms with van der Waals surface area (Å²) < 4.78 is 26.2. The van der Waals surface area contributed by atoms with Gasteiger partial charge in [-0.25, -0.2) is 13.1 Å². The molecule has 2 heterocycles. The summed E-state index contributed by atoms with van der Waals surface area (Å²) in [6.45, 7) is 6.74. The van der Waals surface area contributed by atoms with Crippen LogP contribution in [0.25, 0.3) is 0 Å². The molecule has 144 valence electrons. The zero-order chi connectivity index (χ0) is 18.4. The lowest BCUT2D eigenvalue weighted by Gasteiger charge is -2.21. The highest BCUT2D eigenvalue weighted by Crippen LogP contribution is 2.27. The molecule has 2 saturated heterocycles. The van der Waals surface area contributed by atoms with Crippen LogP contribution in [0.2, 0.25) is 0 Å². The van der Waals surface area contributed by atoms with Gasteiger partial charge in [0.1, 0.15) is 0 Å². The number of likely N-dealkylation sites (tertiary alicyclic amines) is 1. The van der Waals surface area contributed by atoms with E-state index in [0.717, 1.165) is 25.9 Å². The fourth-order valence-electron chi connectivity index (χ4n) is 3.47. The molecule has 0 spiro atoms. The van der Waals surface area contributed by atoms with Crippen LogP contribution >= 0.6 is 0 Å². The molecule has 25 heavy (non-hydrogen) atoms. The topological polar surface area (TPSA) is 108 Å². The molecule has 2 rings (SSSR count). The molecular weight excluding hydrogens is 344 g/mol. The maximum atomic E-state index is 12.3. The van der Waals surface area contributed by atoms with Crippen molar-refractivity contribution in [1.82, 2.24) is 20.3 Å². The van der Waals surface area contributed by atoms with E-state index in [2.05, 4.69) is 15.4 Å². The van der Waals surface area contributed by atoms with Gasteiger partial charge in [0, 0.05) is 25.6 Å². The predicted molar refractivity (Wildman–Crippen MR) is 95.3 cm³/mol. The fraction of sp³-hybridized carbons (Fsp3) is 0.875. The third-order valence-electron chi connectivity index (χ3n) is 4.86. The standard InChI is InChI=1S/C16H30N4O4S/c1-12(2)19-15(21)11-18-25(23,24)8-5-16(22)20-6-3-13-9-17-10-14(13)4-7-20/h12-14,17-18H,3-11H2,1-2H3,(H,19,21)/t13-,14+. The van der Waals surface area contributed by atoms with Crippen LogP contribution in [-0.4, -0.2) is 69.7 Å². The van der Waals surface area contributed by atoms with E-state index >= 15 is 0 Å². The molecule has 2 aliphatic heterocycles. The van der Waals surface area contributed by atoms with Crippen molar-refractivity contribution in [2.24, 2.45) is 11.8 Å². The Balaban J connectivity index is 1.73. The average Bonchev–Trinajstić information content (AvgIpc) is 2.89. The zero-order valence-corrected chi connectivity index (χ0v) is 15.9. The number of carbonyl (C=O) groups is 2. The molecule has 0 unspecified atom stereocenters. The lowest BCUT2D eigenvalue weighted by atomic mass is 9.92. The average molecular weight is 375 g/mol. The second-order valence-corrected chi connectivity index (χ2v) is 9.18. The predicted octanol–water partition coefficient (Wildman–Crippen LogP) is -0.721. The van der Waals surface area contributed by atoms with Crippen molar-refractivity contribution < 1.29 is 18.0 Å². The van der Waals surface area contributed by atoms with Gasteiger partial charge < -0.3 is 15.5 Å². The number of hydrogen-bond donors (Lipinski definition) is 3. The number of nitrogens with zero attached hydrogens (tertiary/aromatic N) is 1. The molecule has 2 fully saturated rings.